The molecular weight excluding hydrogens is 323 g/mol. The Bertz CT molecular complexity index is 766. The highest BCUT2D eigenvalue weighted by molar-refractivity contribution is 6.24. The van der Waals surface area contributed by atoms with E-state index in [9.17, 15) is 0 Å². The van der Waals surface area contributed by atoms with E-state index in [2.05, 4.69) is 43.3 Å². The largest absolute Gasteiger partial charge is 0.113 e. The van der Waals surface area contributed by atoms with Crippen LogP contribution in [0.4, 0.5) is 0 Å². The standard InChI is InChI=1S/C21H18Cl2/c1-15-9-8-14-18(20(22)16-10-4-2-5-11-16)19(15)21(23)17-12-6-3-7-13-17/h2-14,20-21H,1H3. The molecule has 0 saturated carbocycles. The van der Waals surface area contributed by atoms with Crippen LogP contribution in [0.3, 0.4) is 0 Å². The molecule has 0 aliphatic rings. The molecule has 0 heterocycles. The Labute approximate surface area is 147 Å². The van der Waals surface area contributed by atoms with E-state index in [4.69, 9.17) is 23.2 Å². The SMILES string of the molecule is Cc1cccc(C(Cl)c2ccccc2)c1C(Cl)c1ccccc1. The van der Waals surface area contributed by atoms with Crippen molar-refractivity contribution in [3.63, 3.8) is 0 Å². The predicted molar refractivity (Wildman–Crippen MR) is 99.5 cm³/mol. The molecule has 0 bridgehead atoms. The third-order valence-corrected chi connectivity index (χ3v) is 5.03. The van der Waals surface area contributed by atoms with Gasteiger partial charge in [0.15, 0.2) is 0 Å². The number of aryl methyl sites for hydroxylation is 1. The highest BCUT2D eigenvalue weighted by Crippen LogP contribution is 2.39. The maximum atomic E-state index is 6.81. The van der Waals surface area contributed by atoms with E-state index < -0.39 is 0 Å². The smallest absolute Gasteiger partial charge is 0.0841 e. The molecule has 0 N–H and O–H groups in total. The van der Waals surface area contributed by atoms with Crippen LogP contribution in [0.5, 0.6) is 0 Å². The number of alkyl halides is 2. The van der Waals surface area contributed by atoms with Gasteiger partial charge in [0.2, 0.25) is 0 Å². The fourth-order valence-electron chi connectivity index (χ4n) is 2.86. The van der Waals surface area contributed by atoms with Gasteiger partial charge in [0.1, 0.15) is 0 Å². The summed E-state index contributed by atoms with van der Waals surface area (Å²) in [5.74, 6) is 0. The molecule has 2 unspecified atom stereocenters. The predicted octanol–water partition coefficient (Wildman–Crippen LogP) is 6.65. The van der Waals surface area contributed by atoms with Crippen molar-refractivity contribution in [3.8, 4) is 0 Å². The van der Waals surface area contributed by atoms with Gasteiger partial charge >= 0.3 is 0 Å². The van der Waals surface area contributed by atoms with Crippen LogP contribution in [0.2, 0.25) is 0 Å². The molecule has 0 aliphatic carbocycles. The summed E-state index contributed by atoms with van der Waals surface area (Å²) in [6, 6.07) is 26.5. The summed E-state index contributed by atoms with van der Waals surface area (Å²) in [5, 5.41) is -0.423. The molecular formula is C21H18Cl2. The normalized spacial score (nSPS) is 13.5. The molecule has 3 aromatic carbocycles. The highest BCUT2D eigenvalue weighted by Gasteiger charge is 2.22. The van der Waals surface area contributed by atoms with Gasteiger partial charge in [-0.05, 0) is 34.7 Å². The van der Waals surface area contributed by atoms with Crippen LogP contribution in [0.25, 0.3) is 0 Å². The van der Waals surface area contributed by atoms with Gasteiger partial charge in [-0.3, -0.25) is 0 Å². The van der Waals surface area contributed by atoms with Crippen molar-refractivity contribution in [2.45, 2.75) is 17.7 Å². The Kier molecular flexibility index (Phi) is 5.05. The van der Waals surface area contributed by atoms with E-state index in [1.807, 2.05) is 42.5 Å². The lowest BCUT2D eigenvalue weighted by Crippen LogP contribution is -2.05. The zero-order valence-corrected chi connectivity index (χ0v) is 14.4. The van der Waals surface area contributed by atoms with Gasteiger partial charge in [-0.15, -0.1) is 23.2 Å². The summed E-state index contributed by atoms with van der Waals surface area (Å²) < 4.78 is 0. The molecule has 0 aromatic heterocycles. The second-order valence-corrected chi connectivity index (χ2v) is 6.50. The first kappa shape index (κ1) is 16.1. The minimum Gasteiger partial charge on any atom is -0.113 e. The number of hydrogen-bond acceptors (Lipinski definition) is 0. The Morgan fingerprint density at radius 2 is 1.13 bits per heavy atom. The fraction of sp³-hybridized carbons (Fsp3) is 0.143. The summed E-state index contributed by atoms with van der Waals surface area (Å²) in [5.41, 5.74) is 5.50. The quantitative estimate of drug-likeness (QED) is 0.466. The second kappa shape index (κ2) is 7.21. The number of halogens is 2. The van der Waals surface area contributed by atoms with Crippen molar-refractivity contribution in [2.24, 2.45) is 0 Å². The molecule has 23 heavy (non-hydrogen) atoms. The lowest BCUT2D eigenvalue weighted by atomic mass is 9.91. The van der Waals surface area contributed by atoms with Crippen LogP contribution in [0.1, 0.15) is 38.6 Å². The number of hydrogen-bond donors (Lipinski definition) is 0. The molecule has 2 atom stereocenters. The van der Waals surface area contributed by atoms with Crippen molar-refractivity contribution < 1.29 is 0 Å². The third-order valence-electron chi connectivity index (χ3n) is 4.07. The Balaban J connectivity index is 2.07. The zero-order valence-electron chi connectivity index (χ0n) is 12.9. The van der Waals surface area contributed by atoms with Crippen molar-refractivity contribution in [1.82, 2.24) is 0 Å². The van der Waals surface area contributed by atoms with E-state index >= 15 is 0 Å². The Morgan fingerprint density at radius 1 is 0.609 bits per heavy atom. The van der Waals surface area contributed by atoms with Gasteiger partial charge in [-0.25, -0.2) is 0 Å². The maximum Gasteiger partial charge on any atom is 0.0841 e. The van der Waals surface area contributed by atoms with E-state index in [-0.39, 0.29) is 10.8 Å². The van der Waals surface area contributed by atoms with Crippen molar-refractivity contribution in [2.75, 3.05) is 0 Å². The highest BCUT2D eigenvalue weighted by atomic mass is 35.5. The Morgan fingerprint density at radius 3 is 1.70 bits per heavy atom. The summed E-state index contributed by atoms with van der Waals surface area (Å²) in [6.07, 6.45) is 0. The molecule has 0 saturated heterocycles. The molecule has 3 rings (SSSR count). The minimum absolute atomic E-state index is 0.211. The van der Waals surface area contributed by atoms with Crippen molar-refractivity contribution in [1.29, 1.82) is 0 Å². The van der Waals surface area contributed by atoms with Gasteiger partial charge in [0, 0.05) is 0 Å². The van der Waals surface area contributed by atoms with Crippen LogP contribution < -0.4 is 0 Å². The third kappa shape index (κ3) is 3.44. The van der Waals surface area contributed by atoms with Gasteiger partial charge in [0.25, 0.3) is 0 Å². The Hall–Kier alpha value is -1.76. The van der Waals surface area contributed by atoms with Crippen LogP contribution in [0.15, 0.2) is 78.9 Å². The molecule has 2 heteroatoms. The molecule has 0 nitrogen and oxygen atoms in total. The monoisotopic (exact) mass is 340 g/mol. The summed E-state index contributed by atoms with van der Waals surface area (Å²) in [7, 11) is 0. The summed E-state index contributed by atoms with van der Waals surface area (Å²) in [4.78, 5) is 0. The second-order valence-electron chi connectivity index (χ2n) is 5.62. The molecule has 0 spiro atoms. The number of rotatable bonds is 4. The van der Waals surface area contributed by atoms with Gasteiger partial charge in [-0.2, -0.15) is 0 Å². The van der Waals surface area contributed by atoms with Crippen LogP contribution in [-0.4, -0.2) is 0 Å². The first-order chi connectivity index (χ1) is 11.2. The van der Waals surface area contributed by atoms with E-state index in [0.29, 0.717) is 0 Å². The fourth-order valence-corrected chi connectivity index (χ4v) is 3.64. The summed E-state index contributed by atoms with van der Waals surface area (Å²) in [6.45, 7) is 2.09. The molecule has 0 radical (unpaired) electrons. The average Bonchev–Trinajstić information content (AvgIpc) is 2.62. The van der Waals surface area contributed by atoms with E-state index in [1.165, 1.54) is 0 Å². The molecule has 0 fully saturated rings. The van der Waals surface area contributed by atoms with Crippen molar-refractivity contribution in [3.05, 3.63) is 107 Å². The minimum atomic E-state index is -0.212. The molecule has 116 valence electrons. The molecule has 3 aromatic rings. The first-order valence-corrected chi connectivity index (χ1v) is 8.53. The van der Waals surface area contributed by atoms with Gasteiger partial charge < -0.3 is 0 Å². The van der Waals surface area contributed by atoms with E-state index in [1.54, 1.807) is 0 Å². The maximum absolute atomic E-state index is 6.81. The molecule has 0 aliphatic heterocycles. The summed E-state index contributed by atoms with van der Waals surface area (Å²) >= 11 is 13.6. The molecule has 0 amide bonds. The van der Waals surface area contributed by atoms with Gasteiger partial charge in [0.05, 0.1) is 10.8 Å². The van der Waals surface area contributed by atoms with Crippen LogP contribution >= 0.6 is 23.2 Å². The number of benzene rings is 3. The van der Waals surface area contributed by atoms with Crippen molar-refractivity contribution >= 4 is 23.2 Å². The first-order valence-electron chi connectivity index (χ1n) is 7.66. The van der Waals surface area contributed by atoms with Crippen LogP contribution in [-0.2, 0) is 0 Å². The lowest BCUT2D eigenvalue weighted by Gasteiger charge is -2.21. The topological polar surface area (TPSA) is 0 Å². The average molecular weight is 341 g/mol. The van der Waals surface area contributed by atoms with Gasteiger partial charge in [-0.1, -0.05) is 78.9 Å². The lowest BCUT2D eigenvalue weighted by molar-refractivity contribution is 1.02. The van der Waals surface area contributed by atoms with E-state index in [0.717, 1.165) is 27.8 Å². The zero-order chi connectivity index (χ0) is 16.2. The van der Waals surface area contributed by atoms with Crippen LogP contribution in [0, 0.1) is 6.92 Å².